The molecule has 104 valence electrons. The largest absolute Gasteiger partial charge is 0.497 e. The van der Waals surface area contributed by atoms with Crippen LogP contribution in [0.25, 0.3) is 0 Å². The maximum absolute atomic E-state index is 11.9. The predicted octanol–water partition coefficient (Wildman–Crippen LogP) is 0.927. The normalized spacial score (nSPS) is 19.4. The zero-order chi connectivity index (χ0) is 13.7. The Kier molecular flexibility index (Phi) is 4.76. The molecule has 1 atom stereocenters. The van der Waals surface area contributed by atoms with Gasteiger partial charge in [-0.05, 0) is 25.6 Å². The maximum atomic E-state index is 11.9. The number of amides is 1. The van der Waals surface area contributed by atoms with E-state index in [4.69, 9.17) is 4.74 Å². The summed E-state index contributed by atoms with van der Waals surface area (Å²) in [6, 6.07) is 7.90. The molecule has 5 heteroatoms. The number of carbonyl (C=O) groups excluding carboxylic acids is 1. The van der Waals surface area contributed by atoms with Crippen LogP contribution in [0.5, 0.6) is 5.75 Å². The fraction of sp³-hybridized carbons (Fsp3) is 0.500. The van der Waals surface area contributed by atoms with E-state index in [0.717, 1.165) is 30.9 Å². The lowest BCUT2D eigenvalue weighted by atomic mass is 10.3. The Hall–Kier alpha value is -1.59. The van der Waals surface area contributed by atoms with Crippen LogP contribution in [0.15, 0.2) is 24.3 Å². The van der Waals surface area contributed by atoms with E-state index in [0.29, 0.717) is 12.6 Å². The van der Waals surface area contributed by atoms with Crippen LogP contribution < -0.4 is 15.4 Å². The molecule has 1 heterocycles. The molecule has 0 bridgehead atoms. The average Bonchev–Trinajstić information content (AvgIpc) is 2.86. The van der Waals surface area contributed by atoms with Gasteiger partial charge in [0.05, 0.1) is 13.7 Å². The van der Waals surface area contributed by atoms with Crippen molar-refractivity contribution in [2.45, 2.75) is 12.5 Å². The van der Waals surface area contributed by atoms with E-state index < -0.39 is 0 Å². The van der Waals surface area contributed by atoms with Gasteiger partial charge in [0.1, 0.15) is 5.75 Å². The topological polar surface area (TPSA) is 53.6 Å². The quantitative estimate of drug-likeness (QED) is 0.830. The van der Waals surface area contributed by atoms with Crippen molar-refractivity contribution in [2.75, 3.05) is 39.1 Å². The minimum Gasteiger partial charge on any atom is -0.497 e. The Labute approximate surface area is 113 Å². The summed E-state index contributed by atoms with van der Waals surface area (Å²) >= 11 is 0. The summed E-state index contributed by atoms with van der Waals surface area (Å²) in [4.78, 5) is 14.1. The van der Waals surface area contributed by atoms with Crippen LogP contribution in [0.1, 0.15) is 6.42 Å². The Balaban J connectivity index is 1.84. The molecular weight excluding hydrogens is 242 g/mol. The summed E-state index contributed by atoms with van der Waals surface area (Å²) in [6.45, 7) is 2.34. The number of benzene rings is 1. The van der Waals surface area contributed by atoms with Gasteiger partial charge in [-0.2, -0.15) is 0 Å². The molecular formula is C14H21N3O2. The molecule has 1 aliphatic heterocycles. The first-order valence-electron chi connectivity index (χ1n) is 6.55. The Morgan fingerprint density at radius 3 is 3.05 bits per heavy atom. The molecule has 2 rings (SSSR count). The minimum atomic E-state index is 0.0185. The number of carbonyl (C=O) groups is 1. The summed E-state index contributed by atoms with van der Waals surface area (Å²) in [6.07, 6.45) is 1.10. The van der Waals surface area contributed by atoms with Gasteiger partial charge in [-0.3, -0.25) is 9.69 Å². The summed E-state index contributed by atoms with van der Waals surface area (Å²) in [5.41, 5.74) is 0.772. The first kappa shape index (κ1) is 13.8. The first-order chi connectivity index (χ1) is 9.21. The molecule has 5 nitrogen and oxygen atoms in total. The van der Waals surface area contributed by atoms with Crippen molar-refractivity contribution in [3.05, 3.63) is 24.3 Å². The zero-order valence-electron chi connectivity index (χ0n) is 11.5. The highest BCUT2D eigenvalue weighted by Crippen LogP contribution is 2.17. The van der Waals surface area contributed by atoms with Gasteiger partial charge in [0.25, 0.3) is 0 Å². The second-order valence-electron chi connectivity index (χ2n) is 4.79. The molecule has 1 aliphatic rings. The van der Waals surface area contributed by atoms with Crippen molar-refractivity contribution >= 4 is 11.6 Å². The molecule has 1 fully saturated rings. The summed E-state index contributed by atoms with van der Waals surface area (Å²) in [5, 5.41) is 6.14. The highest BCUT2D eigenvalue weighted by molar-refractivity contribution is 5.92. The highest BCUT2D eigenvalue weighted by Gasteiger charge is 2.22. The summed E-state index contributed by atoms with van der Waals surface area (Å²) in [7, 11) is 3.58. The number of methoxy groups -OCH3 is 1. The fourth-order valence-corrected chi connectivity index (χ4v) is 2.32. The highest BCUT2D eigenvalue weighted by atomic mass is 16.5. The van der Waals surface area contributed by atoms with E-state index in [1.54, 1.807) is 7.11 Å². The fourth-order valence-electron chi connectivity index (χ4n) is 2.32. The van der Waals surface area contributed by atoms with Gasteiger partial charge in [-0.25, -0.2) is 0 Å². The van der Waals surface area contributed by atoms with E-state index in [1.807, 2.05) is 31.3 Å². The van der Waals surface area contributed by atoms with Gasteiger partial charge in [0.2, 0.25) is 5.91 Å². The molecule has 0 aromatic heterocycles. The standard InChI is InChI=1S/C14H21N3O2/c1-15-12-6-7-17(9-12)10-14(18)16-11-4-3-5-13(8-11)19-2/h3-5,8,12,15H,6-7,9-10H2,1-2H3,(H,16,18). The number of rotatable bonds is 5. The first-order valence-corrected chi connectivity index (χ1v) is 6.55. The predicted molar refractivity (Wildman–Crippen MR) is 75.5 cm³/mol. The Bertz CT molecular complexity index is 436. The lowest BCUT2D eigenvalue weighted by Crippen LogP contribution is -2.34. The second kappa shape index (κ2) is 6.54. The van der Waals surface area contributed by atoms with Gasteiger partial charge >= 0.3 is 0 Å². The third-order valence-electron chi connectivity index (χ3n) is 3.40. The van der Waals surface area contributed by atoms with Crippen LogP contribution in [0.3, 0.4) is 0 Å². The monoisotopic (exact) mass is 263 g/mol. The lowest BCUT2D eigenvalue weighted by molar-refractivity contribution is -0.117. The van der Waals surface area contributed by atoms with Crippen molar-refractivity contribution < 1.29 is 9.53 Å². The van der Waals surface area contributed by atoms with Crippen LogP contribution in [0.4, 0.5) is 5.69 Å². The van der Waals surface area contributed by atoms with Gasteiger partial charge in [0, 0.05) is 30.9 Å². The van der Waals surface area contributed by atoms with E-state index in [-0.39, 0.29) is 5.91 Å². The van der Waals surface area contributed by atoms with E-state index >= 15 is 0 Å². The smallest absolute Gasteiger partial charge is 0.238 e. The number of nitrogens with zero attached hydrogens (tertiary/aromatic N) is 1. The van der Waals surface area contributed by atoms with E-state index in [1.165, 1.54) is 0 Å². The number of nitrogens with one attached hydrogen (secondary N) is 2. The average molecular weight is 263 g/mol. The van der Waals surface area contributed by atoms with Crippen LogP contribution in [-0.4, -0.2) is 50.6 Å². The number of hydrogen-bond acceptors (Lipinski definition) is 4. The van der Waals surface area contributed by atoms with Crippen LogP contribution in [0.2, 0.25) is 0 Å². The van der Waals surface area contributed by atoms with Crippen LogP contribution in [0, 0.1) is 0 Å². The number of anilines is 1. The SMILES string of the molecule is CNC1CCN(CC(=O)Nc2cccc(OC)c2)C1. The third kappa shape index (κ3) is 3.94. The maximum Gasteiger partial charge on any atom is 0.238 e. The number of likely N-dealkylation sites (N-methyl/N-ethyl adjacent to an activating group) is 1. The summed E-state index contributed by atoms with van der Waals surface area (Å²) in [5.74, 6) is 0.763. The molecule has 1 amide bonds. The number of likely N-dealkylation sites (tertiary alicyclic amines) is 1. The zero-order valence-corrected chi connectivity index (χ0v) is 11.5. The van der Waals surface area contributed by atoms with Crippen molar-refractivity contribution in [3.8, 4) is 5.75 Å². The lowest BCUT2D eigenvalue weighted by Gasteiger charge is -2.15. The molecule has 1 unspecified atom stereocenters. The van der Waals surface area contributed by atoms with Crippen molar-refractivity contribution in [1.29, 1.82) is 0 Å². The van der Waals surface area contributed by atoms with Crippen molar-refractivity contribution in [2.24, 2.45) is 0 Å². The molecule has 0 radical (unpaired) electrons. The Morgan fingerprint density at radius 2 is 2.37 bits per heavy atom. The number of ether oxygens (including phenoxy) is 1. The second-order valence-corrected chi connectivity index (χ2v) is 4.79. The van der Waals surface area contributed by atoms with Crippen molar-refractivity contribution in [3.63, 3.8) is 0 Å². The molecule has 0 aliphatic carbocycles. The Morgan fingerprint density at radius 1 is 1.53 bits per heavy atom. The van der Waals surface area contributed by atoms with Gasteiger partial charge in [-0.1, -0.05) is 6.07 Å². The van der Waals surface area contributed by atoms with Crippen molar-refractivity contribution in [1.82, 2.24) is 10.2 Å². The van der Waals surface area contributed by atoms with E-state index in [9.17, 15) is 4.79 Å². The number of hydrogen-bond donors (Lipinski definition) is 2. The summed E-state index contributed by atoms with van der Waals surface area (Å²) < 4.78 is 5.13. The third-order valence-corrected chi connectivity index (χ3v) is 3.40. The van der Waals surface area contributed by atoms with Gasteiger partial charge in [0.15, 0.2) is 0 Å². The van der Waals surface area contributed by atoms with Gasteiger partial charge in [-0.15, -0.1) is 0 Å². The van der Waals surface area contributed by atoms with Crippen LogP contribution in [-0.2, 0) is 4.79 Å². The van der Waals surface area contributed by atoms with E-state index in [2.05, 4.69) is 15.5 Å². The van der Waals surface area contributed by atoms with Gasteiger partial charge < -0.3 is 15.4 Å². The van der Waals surface area contributed by atoms with Crippen LogP contribution >= 0.6 is 0 Å². The minimum absolute atomic E-state index is 0.0185. The molecule has 0 saturated carbocycles. The molecule has 1 aromatic rings. The molecule has 1 aromatic carbocycles. The molecule has 1 saturated heterocycles. The molecule has 2 N–H and O–H groups in total. The molecule has 19 heavy (non-hydrogen) atoms. The molecule has 0 spiro atoms.